The monoisotopic (exact) mass is 292 g/mol. The number of phenols is 1. The molecular weight excluding hydrogens is 268 g/mol. The third kappa shape index (κ3) is 3.13. The van der Waals surface area contributed by atoms with Crippen molar-refractivity contribution in [2.24, 2.45) is 5.73 Å². The summed E-state index contributed by atoms with van der Waals surface area (Å²) in [5.74, 6) is 0.177. The fourth-order valence-corrected chi connectivity index (χ4v) is 2.89. The van der Waals surface area contributed by atoms with E-state index in [4.69, 9.17) is 10.5 Å². The molecule has 0 saturated carbocycles. The van der Waals surface area contributed by atoms with Crippen molar-refractivity contribution in [1.29, 1.82) is 0 Å². The predicted octanol–water partition coefficient (Wildman–Crippen LogP) is 2.58. The summed E-state index contributed by atoms with van der Waals surface area (Å²) in [6.07, 6.45) is 1.28. The summed E-state index contributed by atoms with van der Waals surface area (Å²) >= 11 is 0. The molecule has 0 aliphatic carbocycles. The minimum Gasteiger partial charge on any atom is -0.508 e. The second-order valence-electron chi connectivity index (χ2n) is 6.52. The topological polar surface area (TPSA) is 75.8 Å². The number of nitrogens with zero attached hydrogens (tertiary/aromatic N) is 1. The van der Waals surface area contributed by atoms with Gasteiger partial charge in [-0.25, -0.2) is 4.79 Å². The molecule has 0 bridgehead atoms. The summed E-state index contributed by atoms with van der Waals surface area (Å²) in [6.45, 7) is 6.45. The minimum absolute atomic E-state index is 0.177. The third-order valence-corrected chi connectivity index (χ3v) is 3.82. The van der Waals surface area contributed by atoms with Crippen LogP contribution in [0.25, 0.3) is 0 Å². The van der Waals surface area contributed by atoms with Crippen LogP contribution in [0, 0.1) is 0 Å². The SMILES string of the molecule is CC(C)(C)OC(=O)N1CCCC1(CN)c1cccc(O)c1. The number of benzene rings is 1. The van der Waals surface area contributed by atoms with E-state index in [-0.39, 0.29) is 11.8 Å². The highest BCUT2D eigenvalue weighted by Crippen LogP contribution is 2.39. The Morgan fingerprint density at radius 2 is 2.19 bits per heavy atom. The normalized spacial score (nSPS) is 22.4. The molecule has 0 aromatic heterocycles. The number of amides is 1. The van der Waals surface area contributed by atoms with Crippen LogP contribution in [0.3, 0.4) is 0 Å². The molecule has 116 valence electrons. The first kappa shape index (κ1) is 15.6. The Hall–Kier alpha value is -1.75. The molecule has 1 heterocycles. The Morgan fingerprint density at radius 3 is 2.76 bits per heavy atom. The Kier molecular flexibility index (Phi) is 4.14. The van der Waals surface area contributed by atoms with Crippen molar-refractivity contribution in [2.75, 3.05) is 13.1 Å². The van der Waals surface area contributed by atoms with Crippen LogP contribution < -0.4 is 5.73 Å². The number of likely N-dealkylation sites (tertiary alicyclic amines) is 1. The maximum Gasteiger partial charge on any atom is 0.411 e. The van der Waals surface area contributed by atoms with Crippen molar-refractivity contribution in [3.63, 3.8) is 0 Å². The molecule has 2 rings (SSSR count). The number of carbonyl (C=O) groups excluding carboxylic acids is 1. The van der Waals surface area contributed by atoms with Crippen LogP contribution >= 0.6 is 0 Å². The van der Waals surface area contributed by atoms with Crippen LogP contribution in [-0.4, -0.2) is 34.8 Å². The molecule has 0 radical (unpaired) electrons. The number of carbonyl (C=O) groups is 1. The van der Waals surface area contributed by atoms with E-state index >= 15 is 0 Å². The summed E-state index contributed by atoms with van der Waals surface area (Å²) in [4.78, 5) is 14.2. The van der Waals surface area contributed by atoms with E-state index in [2.05, 4.69) is 0 Å². The molecule has 1 fully saturated rings. The lowest BCUT2D eigenvalue weighted by Gasteiger charge is -2.38. The van der Waals surface area contributed by atoms with Gasteiger partial charge in [0.1, 0.15) is 11.4 Å². The Labute approximate surface area is 125 Å². The van der Waals surface area contributed by atoms with Gasteiger partial charge in [-0.2, -0.15) is 0 Å². The third-order valence-electron chi connectivity index (χ3n) is 3.82. The Bertz CT molecular complexity index is 524. The van der Waals surface area contributed by atoms with E-state index in [0.717, 1.165) is 18.4 Å². The van der Waals surface area contributed by atoms with Crippen molar-refractivity contribution in [2.45, 2.75) is 44.8 Å². The van der Waals surface area contributed by atoms with Crippen molar-refractivity contribution < 1.29 is 14.6 Å². The number of ether oxygens (including phenoxy) is 1. The number of phenolic OH excluding ortho intramolecular Hbond substituents is 1. The van der Waals surface area contributed by atoms with Gasteiger partial charge in [0.15, 0.2) is 0 Å². The molecular formula is C16H24N2O3. The van der Waals surface area contributed by atoms with Gasteiger partial charge in [-0.05, 0) is 51.3 Å². The number of hydrogen-bond acceptors (Lipinski definition) is 4. The molecule has 1 aromatic carbocycles. The Morgan fingerprint density at radius 1 is 1.48 bits per heavy atom. The highest BCUT2D eigenvalue weighted by atomic mass is 16.6. The van der Waals surface area contributed by atoms with Crippen molar-refractivity contribution in [3.05, 3.63) is 29.8 Å². The average molecular weight is 292 g/mol. The molecule has 5 nitrogen and oxygen atoms in total. The first-order valence-corrected chi connectivity index (χ1v) is 7.29. The quantitative estimate of drug-likeness (QED) is 0.878. The van der Waals surface area contributed by atoms with E-state index in [1.807, 2.05) is 26.8 Å². The van der Waals surface area contributed by atoms with Gasteiger partial charge < -0.3 is 15.6 Å². The number of rotatable bonds is 2. The maximum absolute atomic E-state index is 12.5. The van der Waals surface area contributed by atoms with Crippen LogP contribution in [0.15, 0.2) is 24.3 Å². The smallest absolute Gasteiger partial charge is 0.411 e. The van der Waals surface area contributed by atoms with Crippen LogP contribution in [0.5, 0.6) is 5.75 Å². The van der Waals surface area contributed by atoms with Gasteiger partial charge in [-0.3, -0.25) is 4.90 Å². The second-order valence-corrected chi connectivity index (χ2v) is 6.52. The van der Waals surface area contributed by atoms with E-state index in [1.54, 1.807) is 23.1 Å². The zero-order chi connectivity index (χ0) is 15.7. The van der Waals surface area contributed by atoms with Gasteiger partial charge in [-0.1, -0.05) is 12.1 Å². The van der Waals surface area contributed by atoms with Gasteiger partial charge in [0.05, 0.1) is 5.54 Å². The lowest BCUT2D eigenvalue weighted by atomic mass is 9.87. The van der Waals surface area contributed by atoms with Gasteiger partial charge in [-0.15, -0.1) is 0 Å². The molecule has 1 saturated heterocycles. The van der Waals surface area contributed by atoms with Gasteiger partial charge in [0, 0.05) is 13.1 Å². The van der Waals surface area contributed by atoms with Gasteiger partial charge in [0.2, 0.25) is 0 Å². The first-order valence-electron chi connectivity index (χ1n) is 7.29. The number of aromatic hydroxyl groups is 1. The maximum atomic E-state index is 12.5. The first-order chi connectivity index (χ1) is 9.78. The van der Waals surface area contributed by atoms with Crippen molar-refractivity contribution >= 4 is 6.09 Å². The second kappa shape index (κ2) is 5.56. The molecule has 21 heavy (non-hydrogen) atoms. The number of nitrogens with two attached hydrogens (primary N) is 1. The molecule has 1 atom stereocenters. The van der Waals surface area contributed by atoms with Crippen LogP contribution in [0.1, 0.15) is 39.2 Å². The van der Waals surface area contributed by atoms with Crippen molar-refractivity contribution in [1.82, 2.24) is 4.90 Å². The molecule has 1 amide bonds. The lowest BCUT2D eigenvalue weighted by Crippen LogP contribution is -2.51. The van der Waals surface area contributed by atoms with E-state index in [0.29, 0.717) is 13.1 Å². The predicted molar refractivity (Wildman–Crippen MR) is 81.0 cm³/mol. The molecule has 1 unspecified atom stereocenters. The van der Waals surface area contributed by atoms with E-state index in [1.165, 1.54) is 0 Å². The average Bonchev–Trinajstić information content (AvgIpc) is 2.81. The Balaban J connectivity index is 2.35. The summed E-state index contributed by atoms with van der Waals surface area (Å²) in [6, 6.07) is 6.96. The standard InChI is InChI=1S/C16H24N2O3/c1-15(2,3)21-14(20)18-9-5-8-16(18,11-17)12-6-4-7-13(19)10-12/h4,6-7,10,19H,5,8-9,11,17H2,1-3H3. The molecule has 1 aromatic rings. The van der Waals surface area contributed by atoms with Crippen LogP contribution in [-0.2, 0) is 10.3 Å². The molecule has 3 N–H and O–H groups in total. The van der Waals surface area contributed by atoms with E-state index < -0.39 is 11.1 Å². The molecule has 1 aliphatic rings. The number of hydrogen-bond donors (Lipinski definition) is 2. The largest absolute Gasteiger partial charge is 0.508 e. The highest BCUT2D eigenvalue weighted by molar-refractivity contribution is 5.70. The zero-order valence-electron chi connectivity index (χ0n) is 12.9. The zero-order valence-corrected chi connectivity index (χ0v) is 12.9. The molecule has 5 heteroatoms. The highest BCUT2D eigenvalue weighted by Gasteiger charge is 2.45. The van der Waals surface area contributed by atoms with Gasteiger partial charge in [0.25, 0.3) is 0 Å². The summed E-state index contributed by atoms with van der Waals surface area (Å²) in [7, 11) is 0. The van der Waals surface area contributed by atoms with Crippen LogP contribution in [0.4, 0.5) is 4.79 Å². The fourth-order valence-electron chi connectivity index (χ4n) is 2.89. The summed E-state index contributed by atoms with van der Waals surface area (Å²) in [5, 5.41) is 9.72. The fraction of sp³-hybridized carbons (Fsp3) is 0.562. The van der Waals surface area contributed by atoms with E-state index in [9.17, 15) is 9.90 Å². The van der Waals surface area contributed by atoms with Crippen molar-refractivity contribution in [3.8, 4) is 5.75 Å². The van der Waals surface area contributed by atoms with Crippen LogP contribution in [0.2, 0.25) is 0 Å². The van der Waals surface area contributed by atoms with Gasteiger partial charge >= 0.3 is 6.09 Å². The summed E-state index contributed by atoms with van der Waals surface area (Å²) < 4.78 is 5.50. The molecule has 0 spiro atoms. The molecule has 1 aliphatic heterocycles. The summed E-state index contributed by atoms with van der Waals surface area (Å²) in [5.41, 5.74) is 5.73. The lowest BCUT2D eigenvalue weighted by molar-refractivity contribution is 0.00819. The minimum atomic E-state index is -0.596.